The molecule has 0 saturated carbocycles. The highest BCUT2D eigenvalue weighted by Gasteiger charge is 2.37. The smallest absolute Gasteiger partial charge is 0.341 e. The molecule has 8 nitrogen and oxygen atoms in total. The Hall–Kier alpha value is -3.98. The second-order valence-corrected chi connectivity index (χ2v) is 10.9. The van der Waals surface area contributed by atoms with Crippen molar-refractivity contribution in [2.75, 3.05) is 12.0 Å². The van der Waals surface area contributed by atoms with Gasteiger partial charge in [0.25, 0.3) is 11.8 Å². The van der Waals surface area contributed by atoms with E-state index >= 15 is 0 Å². The van der Waals surface area contributed by atoms with Crippen LogP contribution in [0.1, 0.15) is 61.7 Å². The predicted molar refractivity (Wildman–Crippen MR) is 146 cm³/mol. The van der Waals surface area contributed by atoms with Gasteiger partial charge in [-0.3, -0.25) is 14.9 Å². The SMILES string of the molecule is COC(=O)c1c(-n2c(C)cc(/C=C3\C(=O)NC(=O)N(c4ccc(C)c(C)c4)C3=O)c2C)sc2c1CCCC2. The number of barbiturate groups is 1. The minimum Gasteiger partial charge on any atom is -0.465 e. The number of methoxy groups -OCH3 is 1. The van der Waals surface area contributed by atoms with Crippen molar-refractivity contribution in [2.24, 2.45) is 0 Å². The van der Waals surface area contributed by atoms with Crippen LogP contribution in [0.2, 0.25) is 0 Å². The zero-order valence-electron chi connectivity index (χ0n) is 22.1. The van der Waals surface area contributed by atoms with E-state index in [2.05, 4.69) is 5.32 Å². The number of nitrogens with zero attached hydrogens (tertiary/aromatic N) is 2. The monoisotopic (exact) mass is 531 g/mol. The molecule has 9 heteroatoms. The first-order valence-electron chi connectivity index (χ1n) is 12.5. The fraction of sp³-hybridized carbons (Fsp3) is 0.310. The molecule has 0 bridgehead atoms. The molecule has 1 fully saturated rings. The lowest BCUT2D eigenvalue weighted by Crippen LogP contribution is -2.54. The zero-order chi connectivity index (χ0) is 27.3. The molecule has 4 amide bonds. The second-order valence-electron chi connectivity index (χ2n) is 9.77. The minimum absolute atomic E-state index is 0.137. The summed E-state index contributed by atoms with van der Waals surface area (Å²) in [6, 6.07) is 6.36. The standard InChI is InChI=1S/C29H29N3O5S/c1-15-10-11-20(12-16(15)2)32-26(34)22(25(33)30-29(32)36)14-19-13-17(3)31(18(19)4)27-24(28(35)37-5)21-8-6-7-9-23(21)38-27/h10-14H,6-9H2,1-5H3,(H,30,33,36)/b22-14+. The molecule has 3 aromatic rings. The van der Waals surface area contributed by atoms with E-state index in [1.165, 1.54) is 18.1 Å². The Morgan fingerprint density at radius 3 is 2.47 bits per heavy atom. The fourth-order valence-corrected chi connectivity index (χ4v) is 6.67. The van der Waals surface area contributed by atoms with E-state index in [4.69, 9.17) is 4.74 Å². The molecule has 5 rings (SSSR count). The summed E-state index contributed by atoms with van der Waals surface area (Å²) >= 11 is 1.59. The van der Waals surface area contributed by atoms with Crippen molar-refractivity contribution >= 4 is 46.9 Å². The lowest BCUT2D eigenvalue weighted by Gasteiger charge is -2.26. The van der Waals surface area contributed by atoms with E-state index in [1.807, 2.05) is 44.4 Å². The van der Waals surface area contributed by atoms with Crippen molar-refractivity contribution < 1.29 is 23.9 Å². The average Bonchev–Trinajstić information content (AvgIpc) is 3.39. The van der Waals surface area contributed by atoms with Gasteiger partial charge in [0.2, 0.25) is 0 Å². The number of carbonyl (C=O) groups is 4. The van der Waals surface area contributed by atoms with Crippen LogP contribution in [0.25, 0.3) is 11.1 Å². The molecule has 38 heavy (non-hydrogen) atoms. The topological polar surface area (TPSA) is 97.7 Å². The molecule has 0 atom stereocenters. The number of benzene rings is 1. The summed E-state index contributed by atoms with van der Waals surface area (Å²) in [6.45, 7) is 7.64. The summed E-state index contributed by atoms with van der Waals surface area (Å²) < 4.78 is 7.13. The second kappa shape index (κ2) is 9.72. The van der Waals surface area contributed by atoms with Crippen molar-refractivity contribution in [1.82, 2.24) is 9.88 Å². The molecule has 196 valence electrons. The molecule has 0 spiro atoms. The van der Waals surface area contributed by atoms with Gasteiger partial charge in [-0.2, -0.15) is 0 Å². The zero-order valence-corrected chi connectivity index (χ0v) is 22.9. The van der Waals surface area contributed by atoms with Crippen LogP contribution in [-0.2, 0) is 27.2 Å². The number of nitrogens with one attached hydrogen (secondary N) is 1. The number of fused-ring (bicyclic) bond motifs is 1. The quantitative estimate of drug-likeness (QED) is 0.287. The summed E-state index contributed by atoms with van der Waals surface area (Å²) in [7, 11) is 1.39. The van der Waals surface area contributed by atoms with Crippen LogP contribution in [0.15, 0.2) is 29.8 Å². The Morgan fingerprint density at radius 1 is 1.03 bits per heavy atom. The lowest BCUT2D eigenvalue weighted by molar-refractivity contribution is -0.122. The number of hydrogen-bond donors (Lipinski definition) is 1. The largest absolute Gasteiger partial charge is 0.465 e. The number of anilines is 1. The maximum absolute atomic E-state index is 13.4. The highest BCUT2D eigenvalue weighted by molar-refractivity contribution is 7.15. The van der Waals surface area contributed by atoms with Gasteiger partial charge in [0.15, 0.2) is 0 Å². The van der Waals surface area contributed by atoms with E-state index in [0.717, 1.165) is 63.7 Å². The predicted octanol–water partition coefficient (Wildman–Crippen LogP) is 5.10. The molecule has 1 saturated heterocycles. The molecule has 1 aliphatic heterocycles. The maximum Gasteiger partial charge on any atom is 0.341 e. The molecule has 1 N–H and O–H groups in total. The van der Waals surface area contributed by atoms with Gasteiger partial charge in [-0.05, 0) is 99.9 Å². The molecule has 1 aromatic carbocycles. The molecule has 0 unspecified atom stereocenters. The van der Waals surface area contributed by atoms with Crippen LogP contribution in [0.5, 0.6) is 0 Å². The van der Waals surface area contributed by atoms with Gasteiger partial charge in [0, 0.05) is 16.3 Å². The molecular weight excluding hydrogens is 502 g/mol. The third-order valence-corrected chi connectivity index (χ3v) is 8.64. The Morgan fingerprint density at radius 2 is 1.76 bits per heavy atom. The van der Waals surface area contributed by atoms with Gasteiger partial charge in [0.05, 0.1) is 18.4 Å². The number of hydrogen-bond acceptors (Lipinski definition) is 6. The molecule has 2 aromatic heterocycles. The first kappa shape index (κ1) is 25.7. The number of imide groups is 2. The van der Waals surface area contributed by atoms with Crippen molar-refractivity contribution in [3.8, 4) is 5.00 Å². The highest BCUT2D eigenvalue weighted by Crippen LogP contribution is 2.39. The number of ether oxygens (including phenoxy) is 1. The van der Waals surface area contributed by atoms with Crippen molar-refractivity contribution in [2.45, 2.75) is 53.4 Å². The van der Waals surface area contributed by atoms with Crippen LogP contribution in [0.4, 0.5) is 10.5 Å². The Kier molecular flexibility index (Phi) is 6.56. The third-order valence-electron chi connectivity index (χ3n) is 7.37. The summed E-state index contributed by atoms with van der Waals surface area (Å²) in [5, 5.41) is 3.08. The van der Waals surface area contributed by atoms with Crippen LogP contribution in [-0.4, -0.2) is 35.5 Å². The number of aryl methyl sites for hydroxylation is 4. The molecule has 2 aliphatic rings. The summed E-state index contributed by atoms with van der Waals surface area (Å²) in [4.78, 5) is 53.9. The summed E-state index contributed by atoms with van der Waals surface area (Å²) in [6.07, 6.45) is 5.39. The van der Waals surface area contributed by atoms with Crippen LogP contribution >= 0.6 is 11.3 Å². The first-order chi connectivity index (χ1) is 18.1. The van der Waals surface area contributed by atoms with E-state index in [0.29, 0.717) is 16.8 Å². The Labute approximate surface area is 224 Å². The van der Waals surface area contributed by atoms with Gasteiger partial charge in [-0.15, -0.1) is 11.3 Å². The van der Waals surface area contributed by atoms with Crippen molar-refractivity contribution in [1.29, 1.82) is 0 Å². The number of amides is 4. The van der Waals surface area contributed by atoms with Crippen LogP contribution in [0.3, 0.4) is 0 Å². The Bertz CT molecular complexity index is 1560. The van der Waals surface area contributed by atoms with E-state index in [9.17, 15) is 19.2 Å². The van der Waals surface area contributed by atoms with Gasteiger partial charge in [0.1, 0.15) is 10.6 Å². The number of rotatable bonds is 4. The van der Waals surface area contributed by atoms with Gasteiger partial charge >= 0.3 is 12.0 Å². The molecule has 1 aliphatic carbocycles. The Balaban J connectivity index is 1.59. The molecular formula is C29H29N3O5S. The number of urea groups is 1. The van der Waals surface area contributed by atoms with E-state index in [-0.39, 0.29) is 11.5 Å². The normalized spacial score (nSPS) is 16.6. The van der Waals surface area contributed by atoms with Gasteiger partial charge < -0.3 is 9.30 Å². The van der Waals surface area contributed by atoms with Gasteiger partial charge in [-0.25, -0.2) is 14.5 Å². The van der Waals surface area contributed by atoms with Gasteiger partial charge in [-0.1, -0.05) is 6.07 Å². The van der Waals surface area contributed by atoms with E-state index in [1.54, 1.807) is 23.5 Å². The third kappa shape index (κ3) is 4.16. The first-order valence-corrected chi connectivity index (χ1v) is 13.3. The summed E-state index contributed by atoms with van der Waals surface area (Å²) in [5.74, 6) is -1.79. The summed E-state index contributed by atoms with van der Waals surface area (Å²) in [5.41, 5.74) is 6.13. The van der Waals surface area contributed by atoms with Crippen LogP contribution in [0, 0.1) is 27.7 Å². The minimum atomic E-state index is -0.780. The number of thiophene rings is 1. The molecule has 0 radical (unpaired) electrons. The van der Waals surface area contributed by atoms with Crippen molar-refractivity contribution in [3.05, 3.63) is 73.9 Å². The van der Waals surface area contributed by atoms with E-state index < -0.39 is 17.8 Å². The average molecular weight is 532 g/mol. The van der Waals surface area contributed by atoms with Crippen LogP contribution < -0.4 is 10.2 Å². The highest BCUT2D eigenvalue weighted by atomic mass is 32.1. The van der Waals surface area contributed by atoms with Crippen molar-refractivity contribution in [3.63, 3.8) is 0 Å². The fourth-order valence-electron chi connectivity index (χ4n) is 5.18. The maximum atomic E-state index is 13.4. The lowest BCUT2D eigenvalue weighted by atomic mass is 9.95. The number of esters is 1. The number of aromatic nitrogens is 1. The number of carbonyl (C=O) groups excluding carboxylic acids is 4. The molecule has 3 heterocycles.